The summed E-state index contributed by atoms with van der Waals surface area (Å²) in [7, 11) is 0. The molecule has 2 heterocycles. The Labute approximate surface area is 196 Å². The lowest BCUT2D eigenvalue weighted by Gasteiger charge is -2.14. The van der Waals surface area contributed by atoms with Crippen molar-refractivity contribution in [2.24, 2.45) is 0 Å². The first-order chi connectivity index (χ1) is 16.8. The normalized spacial score (nSPS) is 10.9. The van der Waals surface area contributed by atoms with Crippen molar-refractivity contribution in [3.63, 3.8) is 0 Å². The highest BCUT2D eigenvalue weighted by atomic mass is 19.1. The number of halogens is 3. The van der Waals surface area contributed by atoms with Crippen LogP contribution in [0, 0.1) is 28.8 Å². The zero-order valence-corrected chi connectivity index (χ0v) is 18.2. The number of nitrogens with zero attached hydrogens (tertiary/aromatic N) is 5. The van der Waals surface area contributed by atoms with Crippen molar-refractivity contribution in [1.29, 1.82) is 5.26 Å². The summed E-state index contributed by atoms with van der Waals surface area (Å²) in [6.45, 7) is 0.367. The van der Waals surface area contributed by atoms with Gasteiger partial charge in [-0.3, -0.25) is 9.36 Å². The molecule has 0 bridgehead atoms. The Morgan fingerprint density at radius 2 is 1.77 bits per heavy atom. The second-order valence-corrected chi connectivity index (χ2v) is 7.62. The molecule has 0 radical (unpaired) electrons. The Kier molecular flexibility index (Phi) is 6.50. The third kappa shape index (κ3) is 4.84. The molecule has 2 aromatic heterocycles. The molecular weight excluding hydrogens is 461 g/mol. The fraction of sp³-hybridized carbons (Fsp3) is 0.174. The number of nitrogens with one attached hydrogen (secondary N) is 1. The summed E-state index contributed by atoms with van der Waals surface area (Å²) in [6.07, 6.45) is 1.25. The van der Waals surface area contributed by atoms with E-state index in [2.05, 4.69) is 20.3 Å². The quantitative estimate of drug-likeness (QED) is 0.342. The molecule has 12 heteroatoms. The highest BCUT2D eigenvalue weighted by Gasteiger charge is 2.17. The number of hydrogen-bond donors (Lipinski definition) is 3. The zero-order valence-electron chi connectivity index (χ0n) is 18.2. The summed E-state index contributed by atoms with van der Waals surface area (Å²) >= 11 is 0. The maximum atomic E-state index is 14.4. The van der Waals surface area contributed by atoms with Crippen LogP contribution in [0.15, 0.2) is 41.2 Å². The third-order valence-electron chi connectivity index (χ3n) is 5.21. The van der Waals surface area contributed by atoms with E-state index in [1.54, 1.807) is 0 Å². The Morgan fingerprint density at radius 3 is 2.49 bits per heavy atom. The Bertz CT molecular complexity index is 1510. The number of aryl methyl sites for hydroxylation is 1. The van der Waals surface area contributed by atoms with Crippen molar-refractivity contribution >= 4 is 28.5 Å². The fourth-order valence-electron chi connectivity index (χ4n) is 3.69. The summed E-state index contributed by atoms with van der Waals surface area (Å²) in [4.78, 5) is 25.3. The van der Waals surface area contributed by atoms with E-state index in [0.717, 1.165) is 22.8 Å². The molecule has 5 N–H and O–H groups in total. The van der Waals surface area contributed by atoms with Gasteiger partial charge in [-0.15, -0.1) is 0 Å². The van der Waals surface area contributed by atoms with Gasteiger partial charge in [0.1, 0.15) is 46.1 Å². The van der Waals surface area contributed by atoms with Gasteiger partial charge >= 0.3 is 0 Å². The van der Waals surface area contributed by atoms with Crippen LogP contribution in [0.5, 0.6) is 0 Å². The van der Waals surface area contributed by atoms with Crippen molar-refractivity contribution in [3.8, 4) is 11.8 Å². The van der Waals surface area contributed by atoms with Crippen molar-refractivity contribution in [2.75, 3.05) is 23.3 Å². The Hall–Kier alpha value is -4.66. The van der Waals surface area contributed by atoms with Crippen LogP contribution in [0.25, 0.3) is 16.6 Å². The lowest BCUT2D eigenvalue weighted by molar-refractivity contribution is 0.579. The van der Waals surface area contributed by atoms with Crippen molar-refractivity contribution in [1.82, 2.24) is 19.5 Å². The molecule has 0 aliphatic rings. The van der Waals surface area contributed by atoms with Gasteiger partial charge in [-0.25, -0.2) is 18.2 Å². The summed E-state index contributed by atoms with van der Waals surface area (Å²) in [5, 5.41) is 11.9. The van der Waals surface area contributed by atoms with Crippen LogP contribution in [-0.2, 0) is 6.42 Å². The van der Waals surface area contributed by atoms with E-state index in [1.165, 1.54) is 12.1 Å². The number of hydrogen-bond acceptors (Lipinski definition) is 8. The first-order valence-corrected chi connectivity index (χ1v) is 10.5. The standard InChI is InChI=1S/C23H19F3N8O/c24-12-8-13(25)10-14(9-12)34-18(31-17-5-3-4-16(26)19(17)22(34)35)6-1-2-7-30-21-15(11-27)20(28)32-23(29)33-21/h3-5,8-10H,1-2,6-7H2,(H5,28,29,30,32,33). The van der Waals surface area contributed by atoms with Crippen molar-refractivity contribution in [3.05, 3.63) is 75.6 Å². The molecule has 0 aliphatic carbocycles. The predicted molar refractivity (Wildman–Crippen MR) is 124 cm³/mol. The number of rotatable bonds is 7. The van der Waals surface area contributed by atoms with Crippen LogP contribution in [0.3, 0.4) is 0 Å². The van der Waals surface area contributed by atoms with E-state index in [4.69, 9.17) is 11.5 Å². The molecule has 0 spiro atoms. The number of aromatic nitrogens is 4. The van der Waals surface area contributed by atoms with Crippen LogP contribution in [0.4, 0.5) is 30.8 Å². The molecule has 0 saturated heterocycles. The average Bonchev–Trinajstić information content (AvgIpc) is 2.78. The Balaban J connectivity index is 1.60. The van der Waals surface area contributed by atoms with E-state index in [0.29, 0.717) is 25.5 Å². The van der Waals surface area contributed by atoms with Gasteiger partial charge in [0, 0.05) is 19.0 Å². The average molecular weight is 480 g/mol. The highest BCUT2D eigenvalue weighted by Crippen LogP contribution is 2.20. The highest BCUT2D eigenvalue weighted by molar-refractivity contribution is 5.78. The minimum absolute atomic E-state index is 0.0403. The summed E-state index contributed by atoms with van der Waals surface area (Å²) in [5.41, 5.74) is 10.6. The van der Waals surface area contributed by atoms with Crippen LogP contribution in [-0.4, -0.2) is 26.1 Å². The van der Waals surface area contributed by atoms with Gasteiger partial charge in [0.15, 0.2) is 5.82 Å². The minimum Gasteiger partial charge on any atom is -0.382 e. The lowest BCUT2D eigenvalue weighted by atomic mass is 10.1. The number of nitriles is 1. The second kappa shape index (κ2) is 9.68. The largest absolute Gasteiger partial charge is 0.382 e. The van der Waals surface area contributed by atoms with Gasteiger partial charge < -0.3 is 16.8 Å². The number of benzene rings is 2. The number of anilines is 3. The first-order valence-electron chi connectivity index (χ1n) is 10.5. The molecule has 0 unspecified atom stereocenters. The predicted octanol–water partition coefficient (Wildman–Crippen LogP) is 3.06. The molecule has 9 nitrogen and oxygen atoms in total. The number of fused-ring (bicyclic) bond motifs is 1. The SMILES string of the molecule is N#Cc1c(N)nc(N)nc1NCCCCc1nc2cccc(F)c2c(=O)n1-c1cc(F)cc(F)c1. The first kappa shape index (κ1) is 23.5. The van der Waals surface area contributed by atoms with Gasteiger partial charge in [0.05, 0.1) is 11.2 Å². The van der Waals surface area contributed by atoms with E-state index >= 15 is 0 Å². The molecule has 35 heavy (non-hydrogen) atoms. The van der Waals surface area contributed by atoms with Crippen LogP contribution < -0.4 is 22.3 Å². The second-order valence-electron chi connectivity index (χ2n) is 7.62. The molecule has 0 aliphatic heterocycles. The van der Waals surface area contributed by atoms with Crippen LogP contribution >= 0.6 is 0 Å². The number of nitrogens with two attached hydrogens (primary N) is 2. The molecule has 0 saturated carbocycles. The monoisotopic (exact) mass is 480 g/mol. The minimum atomic E-state index is -0.882. The van der Waals surface area contributed by atoms with Crippen molar-refractivity contribution in [2.45, 2.75) is 19.3 Å². The van der Waals surface area contributed by atoms with E-state index in [1.807, 2.05) is 6.07 Å². The maximum Gasteiger partial charge on any atom is 0.268 e. The van der Waals surface area contributed by atoms with E-state index in [-0.39, 0.29) is 52.0 Å². The number of nitrogen functional groups attached to an aromatic ring is 2. The lowest BCUT2D eigenvalue weighted by Crippen LogP contribution is -2.25. The van der Waals surface area contributed by atoms with Gasteiger partial charge in [-0.05, 0) is 37.1 Å². The number of unbranched alkanes of at least 4 members (excludes halogenated alkanes) is 1. The van der Waals surface area contributed by atoms with Crippen molar-refractivity contribution < 1.29 is 13.2 Å². The third-order valence-corrected chi connectivity index (χ3v) is 5.21. The fourth-order valence-corrected chi connectivity index (χ4v) is 3.69. The molecule has 178 valence electrons. The summed E-state index contributed by atoms with van der Waals surface area (Å²) in [6, 6.07) is 8.60. The summed E-state index contributed by atoms with van der Waals surface area (Å²) in [5.74, 6) is -2.25. The smallest absolute Gasteiger partial charge is 0.268 e. The topological polar surface area (TPSA) is 149 Å². The van der Waals surface area contributed by atoms with Gasteiger partial charge in [0.2, 0.25) is 5.95 Å². The molecule has 4 aromatic rings. The van der Waals surface area contributed by atoms with E-state index < -0.39 is 23.0 Å². The molecule has 0 fully saturated rings. The van der Waals surface area contributed by atoms with Gasteiger partial charge in [-0.1, -0.05) is 6.07 Å². The van der Waals surface area contributed by atoms with Gasteiger partial charge in [-0.2, -0.15) is 15.2 Å². The molecule has 2 aromatic carbocycles. The molecule has 0 amide bonds. The van der Waals surface area contributed by atoms with Crippen LogP contribution in [0.1, 0.15) is 24.2 Å². The van der Waals surface area contributed by atoms with Crippen LogP contribution in [0.2, 0.25) is 0 Å². The maximum absolute atomic E-state index is 14.4. The zero-order chi connectivity index (χ0) is 25.1. The van der Waals surface area contributed by atoms with Gasteiger partial charge in [0.25, 0.3) is 5.56 Å². The molecule has 4 rings (SSSR count). The summed E-state index contributed by atoms with van der Waals surface area (Å²) < 4.78 is 43.2. The molecule has 0 atom stereocenters. The van der Waals surface area contributed by atoms with E-state index in [9.17, 15) is 23.2 Å². The molecular formula is C23H19F3N8O. The Morgan fingerprint density at radius 1 is 1.03 bits per heavy atom.